The van der Waals surface area contributed by atoms with Gasteiger partial charge in [-0.25, -0.2) is 0 Å². The van der Waals surface area contributed by atoms with Gasteiger partial charge in [-0.1, -0.05) is 61.3 Å². The highest BCUT2D eigenvalue weighted by Crippen LogP contribution is 2.38. The molecule has 0 saturated heterocycles. The summed E-state index contributed by atoms with van der Waals surface area (Å²) in [7, 11) is 1.66. The van der Waals surface area contributed by atoms with Gasteiger partial charge < -0.3 is 4.74 Å². The topological polar surface area (TPSA) is 9.23 Å². The van der Waals surface area contributed by atoms with Crippen molar-refractivity contribution in [1.82, 2.24) is 0 Å². The normalized spacial score (nSPS) is 15.1. The van der Waals surface area contributed by atoms with Gasteiger partial charge in [-0.3, -0.25) is 0 Å². The summed E-state index contributed by atoms with van der Waals surface area (Å²) in [6, 6.07) is 5.88. The van der Waals surface area contributed by atoms with Crippen LogP contribution in [0.1, 0.15) is 50.9 Å². The van der Waals surface area contributed by atoms with E-state index in [-0.39, 0.29) is 0 Å². The van der Waals surface area contributed by atoms with Crippen LogP contribution in [0.25, 0.3) is 0 Å². The number of alkyl halides is 1. The molecule has 0 aliphatic rings. The van der Waals surface area contributed by atoms with Crippen molar-refractivity contribution in [2.75, 3.05) is 7.11 Å². The second kappa shape index (κ2) is 6.99. The Hall–Kier alpha value is -0.210. The molecule has 1 aromatic rings. The molecular formula is C16H24BrClO. The lowest BCUT2D eigenvalue weighted by Gasteiger charge is -2.25. The van der Waals surface area contributed by atoms with Crippen molar-refractivity contribution in [2.24, 2.45) is 11.3 Å². The van der Waals surface area contributed by atoms with Gasteiger partial charge >= 0.3 is 0 Å². The zero-order valence-electron chi connectivity index (χ0n) is 12.5. The highest BCUT2D eigenvalue weighted by atomic mass is 79.9. The number of methoxy groups -OCH3 is 1. The van der Waals surface area contributed by atoms with Gasteiger partial charge in [0.05, 0.1) is 7.11 Å². The van der Waals surface area contributed by atoms with Crippen LogP contribution in [-0.4, -0.2) is 7.11 Å². The van der Waals surface area contributed by atoms with Crippen LogP contribution in [0, 0.1) is 11.3 Å². The van der Waals surface area contributed by atoms with Crippen LogP contribution >= 0.6 is 27.5 Å². The molecule has 1 nitrogen and oxygen atoms in total. The van der Waals surface area contributed by atoms with E-state index >= 15 is 0 Å². The van der Waals surface area contributed by atoms with Crippen LogP contribution in [0.15, 0.2) is 18.2 Å². The number of halogens is 2. The molecule has 19 heavy (non-hydrogen) atoms. The van der Waals surface area contributed by atoms with Gasteiger partial charge in [0.1, 0.15) is 5.75 Å². The first-order chi connectivity index (χ1) is 8.73. The van der Waals surface area contributed by atoms with Crippen LogP contribution in [0.3, 0.4) is 0 Å². The molecule has 108 valence electrons. The average molecular weight is 348 g/mol. The van der Waals surface area contributed by atoms with Gasteiger partial charge in [0, 0.05) is 9.85 Å². The summed E-state index contributed by atoms with van der Waals surface area (Å²) in [5, 5.41) is 0.768. The summed E-state index contributed by atoms with van der Waals surface area (Å²) in [6.07, 6.45) is 2.30. The summed E-state index contributed by atoms with van der Waals surface area (Å²) in [5.74, 6) is 1.46. The van der Waals surface area contributed by atoms with E-state index in [1.165, 1.54) is 6.42 Å². The lowest BCUT2D eigenvalue weighted by Crippen LogP contribution is -2.12. The lowest BCUT2D eigenvalue weighted by atomic mass is 9.83. The summed E-state index contributed by atoms with van der Waals surface area (Å²) < 4.78 is 5.18. The number of hydrogen-bond donors (Lipinski definition) is 0. The van der Waals surface area contributed by atoms with Crippen molar-refractivity contribution >= 4 is 27.5 Å². The second-order valence-electron chi connectivity index (χ2n) is 6.46. The number of benzene rings is 1. The van der Waals surface area contributed by atoms with Crippen LogP contribution in [0.5, 0.6) is 5.75 Å². The quantitative estimate of drug-likeness (QED) is 0.572. The number of rotatable bonds is 5. The maximum atomic E-state index is 6.31. The number of ether oxygens (including phenoxy) is 1. The molecule has 0 amide bonds. The minimum absolute atomic E-state index is 0.295. The molecule has 0 aromatic heterocycles. The molecule has 1 rings (SSSR count). The highest BCUT2D eigenvalue weighted by Gasteiger charge is 2.20. The van der Waals surface area contributed by atoms with E-state index in [4.69, 9.17) is 16.3 Å². The molecule has 1 aromatic carbocycles. The van der Waals surface area contributed by atoms with Crippen molar-refractivity contribution < 1.29 is 4.74 Å². The third kappa shape index (κ3) is 5.74. The van der Waals surface area contributed by atoms with Gasteiger partial charge in [-0.2, -0.15) is 0 Å². The molecule has 0 bridgehead atoms. The minimum atomic E-state index is 0.295. The van der Waals surface area contributed by atoms with Crippen molar-refractivity contribution in [3.63, 3.8) is 0 Å². The Balaban J connectivity index is 2.70. The Morgan fingerprint density at radius 2 is 1.95 bits per heavy atom. The first-order valence-corrected chi connectivity index (χ1v) is 8.00. The molecule has 2 atom stereocenters. The second-order valence-corrected chi connectivity index (χ2v) is 7.97. The SMILES string of the molecule is COc1ccc(C(Br)CC(C)CC(C)(C)C)c(Cl)c1. The van der Waals surface area contributed by atoms with Gasteiger partial charge in [-0.15, -0.1) is 0 Å². The van der Waals surface area contributed by atoms with Crippen molar-refractivity contribution in [3.05, 3.63) is 28.8 Å². The first-order valence-electron chi connectivity index (χ1n) is 6.70. The zero-order valence-corrected chi connectivity index (χ0v) is 14.8. The fraction of sp³-hybridized carbons (Fsp3) is 0.625. The molecule has 0 aliphatic carbocycles. The van der Waals surface area contributed by atoms with E-state index in [9.17, 15) is 0 Å². The maximum absolute atomic E-state index is 6.31. The number of hydrogen-bond acceptors (Lipinski definition) is 1. The molecule has 0 heterocycles. The average Bonchev–Trinajstić information content (AvgIpc) is 2.25. The summed E-state index contributed by atoms with van der Waals surface area (Å²) in [4.78, 5) is 0.295. The molecule has 0 fully saturated rings. The fourth-order valence-electron chi connectivity index (χ4n) is 2.50. The molecule has 0 saturated carbocycles. The van der Waals surface area contributed by atoms with Crippen molar-refractivity contribution in [2.45, 2.75) is 45.4 Å². The smallest absolute Gasteiger partial charge is 0.120 e. The summed E-state index contributed by atoms with van der Waals surface area (Å²) >= 11 is 10.1. The van der Waals surface area contributed by atoms with E-state index in [0.717, 1.165) is 22.8 Å². The Labute approximate surface area is 130 Å². The molecule has 0 radical (unpaired) electrons. The molecular weight excluding hydrogens is 324 g/mol. The van der Waals surface area contributed by atoms with Crippen LogP contribution < -0.4 is 4.74 Å². The Bertz CT molecular complexity index is 412. The van der Waals surface area contributed by atoms with E-state index < -0.39 is 0 Å². The minimum Gasteiger partial charge on any atom is -0.497 e. The third-order valence-electron chi connectivity index (χ3n) is 3.12. The summed E-state index contributed by atoms with van der Waals surface area (Å²) in [6.45, 7) is 9.16. The fourth-order valence-corrected chi connectivity index (χ4v) is 3.97. The third-order valence-corrected chi connectivity index (χ3v) is 4.31. The van der Waals surface area contributed by atoms with Gasteiger partial charge in [0.15, 0.2) is 0 Å². The Kier molecular flexibility index (Phi) is 6.19. The van der Waals surface area contributed by atoms with E-state index in [1.54, 1.807) is 7.11 Å². The van der Waals surface area contributed by atoms with Crippen LogP contribution in [0.2, 0.25) is 5.02 Å². The van der Waals surface area contributed by atoms with Crippen molar-refractivity contribution in [1.29, 1.82) is 0 Å². The van der Waals surface area contributed by atoms with Gasteiger partial charge in [0.25, 0.3) is 0 Å². The molecule has 2 unspecified atom stereocenters. The largest absolute Gasteiger partial charge is 0.497 e. The van der Waals surface area contributed by atoms with E-state index in [2.05, 4.69) is 43.6 Å². The van der Waals surface area contributed by atoms with E-state index in [1.807, 2.05) is 18.2 Å². The van der Waals surface area contributed by atoms with Crippen molar-refractivity contribution in [3.8, 4) is 5.75 Å². The Morgan fingerprint density at radius 1 is 1.32 bits per heavy atom. The predicted molar refractivity (Wildman–Crippen MR) is 87.5 cm³/mol. The maximum Gasteiger partial charge on any atom is 0.120 e. The molecule has 3 heteroatoms. The van der Waals surface area contributed by atoms with Gasteiger partial charge in [-0.05, 0) is 41.9 Å². The van der Waals surface area contributed by atoms with Gasteiger partial charge in [0.2, 0.25) is 0 Å². The monoisotopic (exact) mass is 346 g/mol. The molecule has 0 spiro atoms. The van der Waals surface area contributed by atoms with Crippen LogP contribution in [-0.2, 0) is 0 Å². The predicted octanol–water partition coefficient (Wildman–Crippen LogP) is 6.25. The first kappa shape index (κ1) is 16.8. The standard InChI is InChI=1S/C16H24BrClO/c1-11(10-16(2,3)4)8-14(17)13-7-6-12(19-5)9-15(13)18/h6-7,9,11,14H,8,10H2,1-5H3. The lowest BCUT2D eigenvalue weighted by molar-refractivity contribution is 0.296. The Morgan fingerprint density at radius 3 is 2.42 bits per heavy atom. The van der Waals surface area contributed by atoms with Crippen LogP contribution in [0.4, 0.5) is 0 Å². The molecule has 0 N–H and O–H groups in total. The molecule has 0 aliphatic heterocycles. The zero-order chi connectivity index (χ0) is 14.6. The summed E-state index contributed by atoms with van der Waals surface area (Å²) in [5.41, 5.74) is 1.51. The highest BCUT2D eigenvalue weighted by molar-refractivity contribution is 9.09. The van der Waals surface area contributed by atoms with E-state index in [0.29, 0.717) is 16.2 Å².